The molecule has 0 heterocycles. The summed E-state index contributed by atoms with van der Waals surface area (Å²) < 4.78 is 9.10. The van der Waals surface area contributed by atoms with Crippen LogP contribution in [-0.4, -0.2) is 62.0 Å². The van der Waals surface area contributed by atoms with E-state index in [1.54, 1.807) is 0 Å². The van der Waals surface area contributed by atoms with Crippen molar-refractivity contribution in [2.24, 2.45) is 0 Å². The molecule has 0 aliphatic rings. The van der Waals surface area contributed by atoms with Gasteiger partial charge in [-0.3, -0.25) is 19.2 Å². The molecule has 0 atom stereocenters. The summed E-state index contributed by atoms with van der Waals surface area (Å²) in [5.41, 5.74) is 0. The predicted molar refractivity (Wildman–Crippen MR) is 162 cm³/mol. The molecule has 0 aliphatic carbocycles. The number of hydrogen-bond donors (Lipinski definition) is 2. The molecule has 0 bridgehead atoms. The van der Waals surface area contributed by atoms with Crippen LogP contribution in [0.1, 0.15) is 142 Å². The van der Waals surface area contributed by atoms with Crippen LogP contribution in [0.3, 0.4) is 0 Å². The van der Waals surface area contributed by atoms with Gasteiger partial charge in [-0.2, -0.15) is 0 Å². The molecule has 0 saturated heterocycles. The molecule has 0 aromatic heterocycles. The van der Waals surface area contributed by atoms with Crippen LogP contribution in [0.15, 0.2) is 0 Å². The van der Waals surface area contributed by atoms with E-state index < -0.39 is 48.9 Å². The van der Waals surface area contributed by atoms with E-state index in [1.165, 1.54) is 77.0 Å². The largest absolute Gasteiger partial charge is 1.00 e. The van der Waals surface area contributed by atoms with Crippen molar-refractivity contribution in [3.05, 3.63) is 0 Å². The summed E-state index contributed by atoms with van der Waals surface area (Å²) in [7, 11) is 0. The average molecular weight is 675 g/mol. The Kier molecular flexibility index (Phi) is 45.5. The zero-order valence-corrected chi connectivity index (χ0v) is 33.1. The van der Waals surface area contributed by atoms with Gasteiger partial charge < -0.3 is 39.9 Å². The van der Waals surface area contributed by atoms with Gasteiger partial charge in [0.2, 0.25) is 0 Å². The minimum atomic E-state index is -1.31. The van der Waals surface area contributed by atoms with Crippen molar-refractivity contribution >= 4 is 35.8 Å². The number of esters is 4. The van der Waals surface area contributed by atoms with E-state index >= 15 is 0 Å². The Morgan fingerprint density at radius 3 is 0.935 bits per heavy atom. The minimum absolute atomic E-state index is 0. The van der Waals surface area contributed by atoms with Crippen LogP contribution in [0.25, 0.3) is 0 Å². The summed E-state index contributed by atoms with van der Waals surface area (Å²) in [6, 6.07) is 0. The third-order valence-corrected chi connectivity index (χ3v) is 6.50. The number of hydrogen-bond acceptors (Lipinski definition) is 12. The van der Waals surface area contributed by atoms with Gasteiger partial charge in [-0.25, -0.2) is 0 Å². The monoisotopic (exact) mass is 674 g/mol. The van der Waals surface area contributed by atoms with Crippen LogP contribution in [0.5, 0.6) is 0 Å². The summed E-state index contributed by atoms with van der Waals surface area (Å²) in [6.07, 6.45) is 21.1. The van der Waals surface area contributed by atoms with Crippen molar-refractivity contribution in [1.29, 1.82) is 0 Å². The molecule has 0 aliphatic heterocycles. The van der Waals surface area contributed by atoms with Gasteiger partial charge >= 0.3 is 83.0 Å². The Labute approximate surface area is 320 Å². The predicted octanol–water partition coefficient (Wildman–Crippen LogP) is -3.36. The van der Waals surface area contributed by atoms with Crippen LogP contribution in [0.4, 0.5) is 0 Å². The first-order valence-corrected chi connectivity index (χ1v) is 16.4. The summed E-state index contributed by atoms with van der Waals surface area (Å²) >= 11 is 0. The molecule has 256 valence electrons. The summed E-state index contributed by atoms with van der Waals surface area (Å²) in [5.74, 6) is -5.25. The van der Waals surface area contributed by atoms with Gasteiger partial charge in [0.05, 0.1) is 25.0 Å². The van der Waals surface area contributed by atoms with Crippen LogP contribution < -0.4 is 80.0 Å². The maximum atomic E-state index is 11.4. The number of carbonyl (C=O) groups excluding carboxylic acids is 6. The number of unbranched alkanes of at least 4 members (excludes halogenated alkanes) is 16. The smallest absolute Gasteiger partial charge is 0.549 e. The first-order chi connectivity index (χ1) is 21.1. The van der Waals surface area contributed by atoms with Crippen molar-refractivity contribution in [2.45, 2.75) is 142 Å². The Hall–Kier alpha value is -0.860. The van der Waals surface area contributed by atoms with Crippen molar-refractivity contribution in [1.82, 2.24) is 10.6 Å². The van der Waals surface area contributed by atoms with Gasteiger partial charge in [0, 0.05) is 25.9 Å². The van der Waals surface area contributed by atoms with Gasteiger partial charge in [0.1, 0.15) is 0 Å². The number of rotatable bonds is 28. The second kappa shape index (κ2) is 40.3. The van der Waals surface area contributed by atoms with Crippen LogP contribution in [0, 0.1) is 0 Å². The van der Waals surface area contributed by atoms with Crippen molar-refractivity contribution in [2.75, 3.05) is 26.2 Å². The number of carboxylic acids is 2. The topological polar surface area (TPSA) is 191 Å². The SMILES string of the molecule is CCCCCCCCCCCC(=O)OC(=O)CNCC(=O)[O-].CCCCCCCCCCCC(=O)OC(=O)CNCC(=O)[O-].[Na+].[Na+]. The fraction of sp³-hybridized carbons (Fsp3) is 0.812. The molecule has 0 radical (unpaired) electrons. The van der Waals surface area contributed by atoms with Crippen molar-refractivity contribution in [3.8, 4) is 0 Å². The second-order valence-corrected chi connectivity index (χ2v) is 10.8. The second-order valence-electron chi connectivity index (χ2n) is 10.8. The molecule has 0 unspecified atom stereocenters. The molecule has 14 heteroatoms. The molecule has 0 fully saturated rings. The third-order valence-electron chi connectivity index (χ3n) is 6.50. The Morgan fingerprint density at radius 2 is 0.674 bits per heavy atom. The van der Waals surface area contributed by atoms with Crippen LogP contribution in [0.2, 0.25) is 0 Å². The zero-order valence-electron chi connectivity index (χ0n) is 29.1. The fourth-order valence-electron chi connectivity index (χ4n) is 4.12. The van der Waals surface area contributed by atoms with Crippen molar-refractivity contribution in [3.63, 3.8) is 0 Å². The van der Waals surface area contributed by atoms with E-state index in [4.69, 9.17) is 0 Å². The molecule has 2 N–H and O–H groups in total. The molecular weight excluding hydrogens is 618 g/mol. The zero-order chi connectivity index (χ0) is 33.3. The quantitative estimate of drug-likeness (QED) is 0.0363. The van der Waals surface area contributed by atoms with E-state index in [1.807, 2.05) is 0 Å². The summed E-state index contributed by atoms with van der Waals surface area (Å²) in [4.78, 5) is 65.3. The molecule has 0 saturated carbocycles. The molecule has 46 heavy (non-hydrogen) atoms. The van der Waals surface area contributed by atoms with Gasteiger partial charge in [0.25, 0.3) is 0 Å². The number of nitrogens with one attached hydrogen (secondary N) is 2. The molecular formula is C32H56N2Na2O10. The fourth-order valence-corrected chi connectivity index (χ4v) is 4.12. The van der Waals surface area contributed by atoms with Crippen molar-refractivity contribution < 1.29 is 108 Å². The third kappa shape index (κ3) is 45.3. The number of ether oxygens (including phenoxy) is 2. The van der Waals surface area contributed by atoms with Gasteiger partial charge in [-0.1, -0.05) is 117 Å². The average Bonchev–Trinajstić information content (AvgIpc) is 2.95. The molecule has 0 spiro atoms. The Balaban J connectivity index is -0.000000367. The molecule has 0 aromatic rings. The van der Waals surface area contributed by atoms with E-state index in [-0.39, 0.29) is 85.0 Å². The maximum absolute atomic E-state index is 11.4. The molecule has 12 nitrogen and oxygen atoms in total. The van der Waals surface area contributed by atoms with E-state index in [0.717, 1.165) is 25.7 Å². The van der Waals surface area contributed by atoms with Gasteiger partial charge in [-0.05, 0) is 12.8 Å². The molecule has 0 rings (SSSR count). The van der Waals surface area contributed by atoms with Gasteiger partial charge in [-0.15, -0.1) is 0 Å². The van der Waals surface area contributed by atoms with E-state index in [2.05, 4.69) is 34.0 Å². The standard InChI is InChI=1S/2C16H29NO5.2Na/c2*1-2-3-4-5-6-7-8-9-10-11-15(20)22-16(21)13-17-12-14(18)19;;/h2*17H,2-13H2,1H3,(H,18,19);;/q;;2*+1/p-2. The first kappa shape index (κ1) is 52.0. The Bertz CT molecular complexity index is 737. The summed E-state index contributed by atoms with van der Waals surface area (Å²) in [6.45, 7) is 2.89. The molecule has 0 amide bonds. The Morgan fingerprint density at radius 1 is 0.413 bits per heavy atom. The number of carbonyl (C=O) groups is 6. The van der Waals surface area contributed by atoms with Gasteiger partial charge in [0.15, 0.2) is 0 Å². The van der Waals surface area contributed by atoms with Crippen LogP contribution in [-0.2, 0) is 38.2 Å². The van der Waals surface area contributed by atoms with Crippen LogP contribution >= 0.6 is 0 Å². The number of aliphatic carboxylic acids is 2. The number of carboxylic acid groups (broad SMARTS) is 2. The summed E-state index contributed by atoms with van der Waals surface area (Å²) in [5, 5.41) is 24.8. The maximum Gasteiger partial charge on any atom is 1.00 e. The molecule has 0 aromatic carbocycles. The first-order valence-electron chi connectivity index (χ1n) is 16.4. The van der Waals surface area contributed by atoms with E-state index in [0.29, 0.717) is 12.8 Å². The normalized spacial score (nSPS) is 9.96. The minimum Gasteiger partial charge on any atom is -0.549 e. The van der Waals surface area contributed by atoms with E-state index in [9.17, 15) is 39.0 Å².